The van der Waals surface area contributed by atoms with Crippen molar-refractivity contribution in [1.82, 2.24) is 5.32 Å². The summed E-state index contributed by atoms with van der Waals surface area (Å²) in [6.07, 6.45) is 16.1. The van der Waals surface area contributed by atoms with Crippen molar-refractivity contribution in [3.63, 3.8) is 0 Å². The van der Waals surface area contributed by atoms with E-state index in [4.69, 9.17) is 14.2 Å². The third-order valence-corrected chi connectivity index (χ3v) is 6.73. The van der Waals surface area contributed by atoms with Gasteiger partial charge in [-0.2, -0.15) is 0 Å². The Hall–Kier alpha value is -2.44. The van der Waals surface area contributed by atoms with Crippen LogP contribution in [0.25, 0.3) is 0 Å². The fraction of sp³-hybridized carbons (Fsp3) is 0.586. The van der Waals surface area contributed by atoms with Gasteiger partial charge in [-0.3, -0.25) is 4.79 Å². The number of hydrogen-bond acceptors (Lipinski definition) is 5. The Labute approximate surface area is 210 Å². The number of carbonyl (C=O) groups excluding carboxylic acids is 2. The third kappa shape index (κ3) is 9.98. The molecule has 0 aromatic heterocycles. The highest BCUT2D eigenvalue weighted by molar-refractivity contribution is 5.89. The average molecular weight is 484 g/mol. The van der Waals surface area contributed by atoms with Crippen molar-refractivity contribution in [1.29, 1.82) is 0 Å². The summed E-state index contributed by atoms with van der Waals surface area (Å²) in [6.45, 7) is 3.76. The molecule has 192 valence electrons. The number of nitrogens with one attached hydrogen (secondary N) is 1. The van der Waals surface area contributed by atoms with E-state index >= 15 is 0 Å². The largest absolute Gasteiger partial charge is 0.445 e. The summed E-state index contributed by atoms with van der Waals surface area (Å²) < 4.78 is 16.4. The van der Waals surface area contributed by atoms with Crippen LogP contribution in [0.5, 0.6) is 0 Å². The average Bonchev–Trinajstić information content (AvgIpc) is 3.39. The molecule has 1 fully saturated rings. The number of benzene rings is 1. The molecule has 35 heavy (non-hydrogen) atoms. The highest BCUT2D eigenvalue weighted by Crippen LogP contribution is 2.32. The fourth-order valence-corrected chi connectivity index (χ4v) is 4.75. The van der Waals surface area contributed by atoms with Crippen LogP contribution in [-0.2, 0) is 25.6 Å². The van der Waals surface area contributed by atoms with Gasteiger partial charge in [-0.05, 0) is 49.7 Å². The van der Waals surface area contributed by atoms with Gasteiger partial charge in [0.1, 0.15) is 6.61 Å². The molecule has 1 aromatic carbocycles. The molecular weight excluding hydrogens is 442 g/mol. The Morgan fingerprint density at radius 1 is 1.06 bits per heavy atom. The van der Waals surface area contributed by atoms with Crippen LogP contribution in [0.4, 0.5) is 4.79 Å². The number of alkyl carbamates (subject to hydrolysis) is 1. The number of hydrogen-bond donors (Lipinski definition) is 1. The molecule has 1 aliphatic heterocycles. The van der Waals surface area contributed by atoms with Gasteiger partial charge in [0.25, 0.3) is 0 Å². The number of allylic oxidation sites excluding steroid dienone is 2. The normalized spacial score (nSPS) is 22.5. The van der Waals surface area contributed by atoms with Crippen molar-refractivity contribution in [3.8, 4) is 0 Å². The monoisotopic (exact) mass is 483 g/mol. The first-order chi connectivity index (χ1) is 17.2. The van der Waals surface area contributed by atoms with E-state index in [1.807, 2.05) is 42.5 Å². The molecule has 0 radical (unpaired) electrons. The smallest absolute Gasteiger partial charge is 0.407 e. The molecule has 1 amide bonds. The van der Waals surface area contributed by atoms with Crippen molar-refractivity contribution >= 4 is 11.9 Å². The first-order valence-electron chi connectivity index (χ1n) is 13.2. The Bertz CT molecular complexity index is 816. The Balaban J connectivity index is 1.52. The van der Waals surface area contributed by atoms with Gasteiger partial charge >= 0.3 is 6.09 Å². The fourth-order valence-electron chi connectivity index (χ4n) is 4.75. The molecule has 1 N–H and O–H groups in total. The van der Waals surface area contributed by atoms with Crippen LogP contribution in [0.3, 0.4) is 0 Å². The van der Waals surface area contributed by atoms with Crippen molar-refractivity contribution < 1.29 is 23.8 Å². The second kappa shape index (κ2) is 15.5. The van der Waals surface area contributed by atoms with E-state index in [0.717, 1.165) is 44.1 Å². The molecule has 0 bridgehead atoms. The maximum absolute atomic E-state index is 12.6. The van der Waals surface area contributed by atoms with Gasteiger partial charge in [0.15, 0.2) is 12.1 Å². The molecule has 6 nitrogen and oxygen atoms in total. The van der Waals surface area contributed by atoms with E-state index < -0.39 is 6.09 Å². The lowest BCUT2D eigenvalue weighted by Gasteiger charge is -2.33. The highest BCUT2D eigenvalue weighted by Gasteiger charge is 2.30. The summed E-state index contributed by atoms with van der Waals surface area (Å²) in [4.78, 5) is 25.1. The molecule has 0 unspecified atom stereocenters. The van der Waals surface area contributed by atoms with E-state index in [1.54, 1.807) is 6.08 Å². The summed E-state index contributed by atoms with van der Waals surface area (Å²) in [6, 6.07) is 9.47. The standard InChI is InChI=1S/C29H41NO5/c1-2-3-5-13-24-14-10-16-27(30-29(32)35-22-23-11-6-4-7-12-23)26(24)19-18-25(31)15-8-9-17-28-33-20-21-34-28/h4,6-7,10-12,16,18-19,24,26-28H,2-3,5,8-9,13-15,17,20-22H2,1H3,(H,30,32)/b19-18+/t24-,26+,27-/m1/s1. The summed E-state index contributed by atoms with van der Waals surface area (Å²) in [5.74, 6) is 0.600. The highest BCUT2D eigenvalue weighted by atomic mass is 16.7. The zero-order chi connectivity index (χ0) is 24.7. The minimum absolute atomic E-state index is 0.0744. The summed E-state index contributed by atoms with van der Waals surface area (Å²) >= 11 is 0. The molecule has 0 spiro atoms. The Kier molecular flexibility index (Phi) is 12.1. The van der Waals surface area contributed by atoms with Gasteiger partial charge in [-0.15, -0.1) is 0 Å². The number of unbranched alkanes of at least 4 members (excludes halogenated alkanes) is 3. The lowest BCUT2D eigenvalue weighted by atomic mass is 9.76. The van der Waals surface area contributed by atoms with Gasteiger partial charge in [-0.1, -0.05) is 74.7 Å². The minimum Gasteiger partial charge on any atom is -0.445 e. The molecule has 1 heterocycles. The van der Waals surface area contributed by atoms with Crippen LogP contribution in [0.2, 0.25) is 0 Å². The Morgan fingerprint density at radius 2 is 1.83 bits per heavy atom. The zero-order valence-electron chi connectivity index (χ0n) is 21.0. The predicted molar refractivity (Wildman–Crippen MR) is 137 cm³/mol. The molecule has 3 atom stereocenters. The predicted octanol–water partition coefficient (Wildman–Crippen LogP) is 6.11. The molecular formula is C29H41NO5. The SMILES string of the molecule is CCCCC[C@@H]1CC=C[C@@H](NC(=O)OCc2ccccc2)[C@H]1/C=C/C(=O)CCCCC1OCCO1. The van der Waals surface area contributed by atoms with Gasteiger partial charge in [-0.25, -0.2) is 4.79 Å². The molecule has 1 aliphatic carbocycles. The van der Waals surface area contributed by atoms with Gasteiger partial charge in [0.05, 0.1) is 19.3 Å². The van der Waals surface area contributed by atoms with Crippen molar-refractivity contribution in [2.24, 2.45) is 11.8 Å². The maximum atomic E-state index is 12.6. The zero-order valence-corrected chi connectivity index (χ0v) is 21.0. The van der Waals surface area contributed by atoms with Crippen LogP contribution in [0, 0.1) is 11.8 Å². The second-order valence-corrected chi connectivity index (χ2v) is 9.47. The number of rotatable bonds is 14. The maximum Gasteiger partial charge on any atom is 0.407 e. The minimum atomic E-state index is -0.432. The topological polar surface area (TPSA) is 73.9 Å². The van der Waals surface area contributed by atoms with Crippen LogP contribution in [0.1, 0.15) is 70.3 Å². The second-order valence-electron chi connectivity index (χ2n) is 9.47. The van der Waals surface area contributed by atoms with Crippen LogP contribution in [0.15, 0.2) is 54.6 Å². The number of ketones is 1. The third-order valence-electron chi connectivity index (χ3n) is 6.73. The first-order valence-corrected chi connectivity index (χ1v) is 13.2. The molecule has 0 saturated carbocycles. The van der Waals surface area contributed by atoms with Crippen molar-refractivity contribution in [2.75, 3.05) is 13.2 Å². The van der Waals surface area contributed by atoms with Crippen molar-refractivity contribution in [3.05, 3.63) is 60.2 Å². The van der Waals surface area contributed by atoms with Gasteiger partial charge in [0.2, 0.25) is 0 Å². The van der Waals surface area contributed by atoms with Gasteiger partial charge < -0.3 is 19.5 Å². The lowest BCUT2D eigenvalue weighted by molar-refractivity contribution is -0.114. The quantitative estimate of drug-likeness (QED) is 0.196. The molecule has 2 aliphatic rings. The molecule has 1 aromatic rings. The van der Waals surface area contributed by atoms with Crippen LogP contribution in [-0.4, -0.2) is 37.4 Å². The van der Waals surface area contributed by atoms with Crippen LogP contribution >= 0.6 is 0 Å². The van der Waals surface area contributed by atoms with E-state index in [0.29, 0.717) is 25.6 Å². The van der Waals surface area contributed by atoms with E-state index in [1.165, 1.54) is 12.8 Å². The van der Waals surface area contributed by atoms with Crippen LogP contribution < -0.4 is 5.32 Å². The number of ether oxygens (including phenoxy) is 3. The molecule has 6 heteroatoms. The Morgan fingerprint density at radius 3 is 2.60 bits per heavy atom. The first kappa shape index (κ1) is 27.2. The summed E-state index contributed by atoms with van der Waals surface area (Å²) in [5.41, 5.74) is 0.951. The molecule has 3 rings (SSSR count). The van der Waals surface area contributed by atoms with E-state index in [2.05, 4.69) is 18.3 Å². The number of amides is 1. The lowest BCUT2D eigenvalue weighted by Crippen LogP contribution is -2.43. The summed E-state index contributed by atoms with van der Waals surface area (Å²) in [7, 11) is 0. The van der Waals surface area contributed by atoms with E-state index in [9.17, 15) is 9.59 Å². The molecule has 1 saturated heterocycles. The van der Waals surface area contributed by atoms with Gasteiger partial charge in [0, 0.05) is 12.3 Å². The van der Waals surface area contributed by atoms with E-state index in [-0.39, 0.29) is 30.6 Å². The summed E-state index contributed by atoms with van der Waals surface area (Å²) in [5, 5.41) is 3.03. The number of carbonyl (C=O) groups is 2. The van der Waals surface area contributed by atoms with Crippen molar-refractivity contribution in [2.45, 2.75) is 83.6 Å².